The van der Waals surface area contributed by atoms with Gasteiger partial charge in [-0.3, -0.25) is 9.69 Å². The van der Waals surface area contributed by atoms with Crippen molar-refractivity contribution in [3.05, 3.63) is 17.4 Å². The Labute approximate surface area is 146 Å². The molecule has 10 heteroatoms. The fourth-order valence-electron chi connectivity index (χ4n) is 2.83. The second-order valence-corrected chi connectivity index (χ2v) is 7.57. The van der Waals surface area contributed by atoms with Crippen molar-refractivity contribution >= 4 is 22.0 Å². The Morgan fingerprint density at radius 2 is 2.08 bits per heavy atom. The summed E-state index contributed by atoms with van der Waals surface area (Å²) in [4.78, 5) is 24.2. The molecular formula is C15H22N2O7S. The highest BCUT2D eigenvalue weighted by Crippen LogP contribution is 2.28. The molecule has 1 fully saturated rings. The number of rotatable bonds is 8. The second kappa shape index (κ2) is 7.54. The van der Waals surface area contributed by atoms with Gasteiger partial charge in [0.05, 0.1) is 13.7 Å². The van der Waals surface area contributed by atoms with Gasteiger partial charge in [-0.1, -0.05) is 6.92 Å². The first-order valence-corrected chi connectivity index (χ1v) is 9.33. The van der Waals surface area contributed by atoms with E-state index in [1.165, 1.54) is 14.0 Å². The number of esters is 1. The molecule has 2 rings (SSSR count). The Kier molecular flexibility index (Phi) is 5.86. The number of methoxy groups -OCH3 is 1. The molecule has 140 valence electrons. The molecular weight excluding hydrogens is 352 g/mol. The molecule has 1 aromatic heterocycles. The number of aryl methyl sites for hydroxylation is 1. The van der Waals surface area contributed by atoms with Gasteiger partial charge in [-0.2, -0.15) is 0 Å². The number of nitrogens with one attached hydrogen (secondary N) is 1. The SMILES string of the molecule is CCN(CC(=O)O)C1CC(NS(=O)(=O)c2cc(C(=O)OC)c(C)o2)C1. The van der Waals surface area contributed by atoms with Crippen molar-refractivity contribution in [2.75, 3.05) is 20.2 Å². The molecule has 1 aromatic rings. The molecule has 0 aromatic carbocycles. The molecule has 0 amide bonds. The highest BCUT2D eigenvalue weighted by Gasteiger charge is 2.37. The summed E-state index contributed by atoms with van der Waals surface area (Å²) in [6.45, 7) is 3.85. The molecule has 1 aliphatic rings. The van der Waals surface area contributed by atoms with Crippen molar-refractivity contribution in [3.8, 4) is 0 Å². The summed E-state index contributed by atoms with van der Waals surface area (Å²) < 4.78 is 37.0. The van der Waals surface area contributed by atoms with Crippen LogP contribution in [0.25, 0.3) is 0 Å². The van der Waals surface area contributed by atoms with Crippen LogP contribution >= 0.6 is 0 Å². The van der Waals surface area contributed by atoms with Crippen molar-refractivity contribution in [1.29, 1.82) is 0 Å². The molecule has 1 aliphatic carbocycles. The Morgan fingerprint density at radius 3 is 2.60 bits per heavy atom. The second-order valence-electron chi connectivity index (χ2n) is 5.93. The fourth-order valence-corrected chi connectivity index (χ4v) is 4.09. The van der Waals surface area contributed by atoms with Crippen molar-refractivity contribution in [3.63, 3.8) is 0 Å². The van der Waals surface area contributed by atoms with Gasteiger partial charge in [-0.25, -0.2) is 17.9 Å². The van der Waals surface area contributed by atoms with Crippen LogP contribution in [-0.2, 0) is 19.6 Å². The molecule has 0 aliphatic heterocycles. The number of likely N-dealkylation sites (N-methyl/N-ethyl adjacent to an activating group) is 1. The number of hydrogen-bond donors (Lipinski definition) is 2. The summed E-state index contributed by atoms with van der Waals surface area (Å²) in [6, 6.07) is 0.866. The van der Waals surface area contributed by atoms with Gasteiger partial charge in [-0.05, 0) is 26.3 Å². The average Bonchev–Trinajstić information content (AvgIpc) is 2.90. The number of ether oxygens (including phenoxy) is 1. The van der Waals surface area contributed by atoms with Crippen LogP contribution in [0.3, 0.4) is 0 Å². The molecule has 1 heterocycles. The molecule has 9 nitrogen and oxygen atoms in total. The number of aliphatic carboxylic acids is 1. The first-order valence-electron chi connectivity index (χ1n) is 7.84. The quantitative estimate of drug-likeness (QED) is 0.633. The highest BCUT2D eigenvalue weighted by molar-refractivity contribution is 7.89. The molecule has 0 bridgehead atoms. The Hall–Kier alpha value is -1.91. The van der Waals surface area contributed by atoms with Crippen molar-refractivity contribution in [2.24, 2.45) is 0 Å². The average molecular weight is 374 g/mol. The number of furan rings is 1. The maximum absolute atomic E-state index is 12.4. The van der Waals surface area contributed by atoms with Gasteiger partial charge in [0.15, 0.2) is 0 Å². The zero-order valence-electron chi connectivity index (χ0n) is 14.3. The lowest BCUT2D eigenvalue weighted by Crippen LogP contribution is -2.54. The Bertz CT molecular complexity index is 750. The van der Waals surface area contributed by atoms with Crippen LogP contribution in [0.15, 0.2) is 15.6 Å². The van der Waals surface area contributed by atoms with E-state index in [4.69, 9.17) is 9.52 Å². The van der Waals surface area contributed by atoms with Crippen molar-refractivity contribution < 1.29 is 32.3 Å². The van der Waals surface area contributed by atoms with Crippen LogP contribution < -0.4 is 4.72 Å². The van der Waals surface area contributed by atoms with E-state index < -0.39 is 22.0 Å². The predicted molar refractivity (Wildman–Crippen MR) is 86.8 cm³/mol. The summed E-state index contributed by atoms with van der Waals surface area (Å²) in [7, 11) is -2.70. The predicted octanol–water partition coefficient (Wildman–Crippen LogP) is 0.590. The standard InChI is InChI=1S/C15H22N2O7S/c1-4-17(8-13(18)19)11-5-10(6-11)16-25(21,22)14-7-12(9(2)24-14)15(20)23-3/h7,10-11,16H,4-6,8H2,1-3H3,(H,18,19). The minimum Gasteiger partial charge on any atom is -0.480 e. The van der Waals surface area contributed by atoms with E-state index in [1.54, 1.807) is 4.90 Å². The zero-order chi connectivity index (χ0) is 18.8. The van der Waals surface area contributed by atoms with E-state index in [-0.39, 0.29) is 35.0 Å². The number of carbonyl (C=O) groups is 2. The number of hydrogen-bond acceptors (Lipinski definition) is 7. The van der Waals surface area contributed by atoms with Gasteiger partial charge < -0.3 is 14.3 Å². The number of carboxylic acids is 1. The number of carboxylic acid groups (broad SMARTS) is 1. The van der Waals surface area contributed by atoms with E-state index in [0.29, 0.717) is 19.4 Å². The van der Waals surface area contributed by atoms with Gasteiger partial charge in [0.1, 0.15) is 11.3 Å². The molecule has 2 N–H and O–H groups in total. The summed E-state index contributed by atoms with van der Waals surface area (Å²) >= 11 is 0. The minimum atomic E-state index is -3.90. The third kappa shape index (κ3) is 4.39. The molecule has 0 saturated heterocycles. The number of sulfonamides is 1. The molecule has 25 heavy (non-hydrogen) atoms. The maximum Gasteiger partial charge on any atom is 0.341 e. The van der Waals surface area contributed by atoms with Crippen LogP contribution in [0.5, 0.6) is 0 Å². The smallest absolute Gasteiger partial charge is 0.341 e. The normalized spacial score (nSPS) is 20.3. The molecule has 0 atom stereocenters. The fraction of sp³-hybridized carbons (Fsp3) is 0.600. The van der Waals surface area contributed by atoms with Gasteiger partial charge in [0.25, 0.3) is 10.0 Å². The van der Waals surface area contributed by atoms with Crippen LogP contribution in [0.2, 0.25) is 0 Å². The third-order valence-corrected chi connectivity index (χ3v) is 5.64. The Morgan fingerprint density at radius 1 is 1.44 bits per heavy atom. The monoisotopic (exact) mass is 374 g/mol. The summed E-state index contributed by atoms with van der Waals surface area (Å²) in [5.74, 6) is -1.41. The molecule has 0 spiro atoms. The van der Waals surface area contributed by atoms with Gasteiger partial charge in [0.2, 0.25) is 5.09 Å². The van der Waals surface area contributed by atoms with Gasteiger partial charge in [-0.15, -0.1) is 0 Å². The molecule has 0 unspecified atom stereocenters. The van der Waals surface area contributed by atoms with E-state index in [1.807, 2.05) is 6.92 Å². The summed E-state index contributed by atoms with van der Waals surface area (Å²) in [5, 5.41) is 8.53. The van der Waals surface area contributed by atoms with Crippen molar-refractivity contribution in [1.82, 2.24) is 9.62 Å². The van der Waals surface area contributed by atoms with Gasteiger partial charge in [0, 0.05) is 18.2 Å². The first-order chi connectivity index (χ1) is 11.7. The molecule has 0 radical (unpaired) electrons. The third-order valence-electron chi connectivity index (χ3n) is 4.26. The summed E-state index contributed by atoms with van der Waals surface area (Å²) in [5.41, 5.74) is 0.0629. The first kappa shape index (κ1) is 19.4. The Balaban J connectivity index is 2.00. The number of nitrogens with zero attached hydrogens (tertiary/aromatic N) is 1. The lowest BCUT2D eigenvalue weighted by Gasteiger charge is -2.41. The summed E-state index contributed by atoms with van der Waals surface area (Å²) in [6.07, 6.45) is 1.04. The number of carbonyl (C=O) groups excluding carboxylic acids is 1. The van der Waals surface area contributed by atoms with E-state index in [2.05, 4.69) is 9.46 Å². The van der Waals surface area contributed by atoms with Crippen LogP contribution in [0.1, 0.15) is 35.9 Å². The topological polar surface area (TPSA) is 126 Å². The lowest BCUT2D eigenvalue weighted by atomic mass is 9.86. The van der Waals surface area contributed by atoms with Crippen LogP contribution in [0, 0.1) is 6.92 Å². The van der Waals surface area contributed by atoms with E-state index in [0.717, 1.165) is 6.07 Å². The zero-order valence-corrected chi connectivity index (χ0v) is 15.1. The van der Waals surface area contributed by atoms with E-state index in [9.17, 15) is 18.0 Å². The van der Waals surface area contributed by atoms with E-state index >= 15 is 0 Å². The maximum atomic E-state index is 12.4. The molecule has 1 saturated carbocycles. The lowest BCUT2D eigenvalue weighted by molar-refractivity contribution is -0.139. The van der Waals surface area contributed by atoms with Crippen LogP contribution in [-0.4, -0.2) is 62.6 Å². The van der Waals surface area contributed by atoms with Crippen LogP contribution in [0.4, 0.5) is 0 Å². The van der Waals surface area contributed by atoms with Crippen molar-refractivity contribution in [2.45, 2.75) is 43.9 Å². The van der Waals surface area contributed by atoms with Gasteiger partial charge >= 0.3 is 11.9 Å². The highest BCUT2D eigenvalue weighted by atomic mass is 32.2. The minimum absolute atomic E-state index is 0.0257. The largest absolute Gasteiger partial charge is 0.480 e.